The molecule has 0 radical (unpaired) electrons. The summed E-state index contributed by atoms with van der Waals surface area (Å²) in [6, 6.07) is 11.5. The Morgan fingerprint density at radius 3 is 2.52 bits per heavy atom. The molecule has 1 saturated heterocycles. The maximum atomic E-state index is 12.4. The number of hydrogen-bond donors (Lipinski definition) is 0. The summed E-state index contributed by atoms with van der Waals surface area (Å²) in [6.07, 6.45) is 1.52. The number of nitrogens with zero attached hydrogens (tertiary/aromatic N) is 4. The summed E-state index contributed by atoms with van der Waals surface area (Å²) in [6.45, 7) is 6.87. The first-order chi connectivity index (χ1) is 13.1. The summed E-state index contributed by atoms with van der Waals surface area (Å²) < 4.78 is 10.7. The average molecular weight is 366 g/mol. The summed E-state index contributed by atoms with van der Waals surface area (Å²) in [5.41, 5.74) is 2.13. The number of piperazine rings is 1. The van der Waals surface area contributed by atoms with E-state index in [9.17, 15) is 4.79 Å². The van der Waals surface area contributed by atoms with E-state index in [0.29, 0.717) is 30.6 Å². The molecule has 0 N–H and O–H groups in total. The zero-order valence-electron chi connectivity index (χ0n) is 15.5. The van der Waals surface area contributed by atoms with E-state index in [2.05, 4.69) is 22.0 Å². The molecule has 7 nitrogen and oxygen atoms in total. The predicted octanol–water partition coefficient (Wildman–Crippen LogP) is 3.16. The van der Waals surface area contributed by atoms with Gasteiger partial charge in [0.05, 0.1) is 12.3 Å². The van der Waals surface area contributed by atoms with Gasteiger partial charge in [0.1, 0.15) is 0 Å². The molecular weight excluding hydrogens is 344 g/mol. The van der Waals surface area contributed by atoms with Crippen LogP contribution < -0.4 is 0 Å². The summed E-state index contributed by atoms with van der Waals surface area (Å²) in [5.74, 6) is 1.52. The number of benzene rings is 1. The molecule has 2 aromatic heterocycles. The van der Waals surface area contributed by atoms with Gasteiger partial charge in [0, 0.05) is 31.7 Å². The number of amides is 1. The first kappa shape index (κ1) is 17.5. The summed E-state index contributed by atoms with van der Waals surface area (Å²) in [4.78, 5) is 21.0. The first-order valence-electron chi connectivity index (χ1n) is 9.09. The van der Waals surface area contributed by atoms with Crippen LogP contribution in [0.5, 0.6) is 0 Å². The number of furan rings is 1. The lowest BCUT2D eigenvalue weighted by molar-refractivity contribution is 0.0524. The second kappa shape index (κ2) is 7.36. The van der Waals surface area contributed by atoms with Crippen molar-refractivity contribution in [2.75, 3.05) is 26.2 Å². The van der Waals surface area contributed by atoms with Gasteiger partial charge in [-0.05, 0) is 26.0 Å². The summed E-state index contributed by atoms with van der Waals surface area (Å²) in [5, 5.41) is 4.12. The van der Waals surface area contributed by atoms with E-state index in [4.69, 9.17) is 8.94 Å². The minimum absolute atomic E-state index is 0.00226. The molecule has 1 fully saturated rings. The van der Waals surface area contributed by atoms with Crippen molar-refractivity contribution in [1.82, 2.24) is 19.9 Å². The van der Waals surface area contributed by atoms with Crippen molar-refractivity contribution in [3.63, 3.8) is 0 Å². The van der Waals surface area contributed by atoms with Crippen molar-refractivity contribution in [3.8, 4) is 11.4 Å². The molecule has 1 aromatic carbocycles. The van der Waals surface area contributed by atoms with E-state index in [1.165, 1.54) is 11.8 Å². The fourth-order valence-corrected chi connectivity index (χ4v) is 3.25. The third-order valence-corrected chi connectivity index (χ3v) is 4.99. The molecule has 1 amide bonds. The maximum Gasteiger partial charge on any atom is 0.289 e. The van der Waals surface area contributed by atoms with Crippen LogP contribution in [-0.2, 0) is 0 Å². The number of aryl methyl sites for hydroxylation is 1. The number of hydrogen-bond acceptors (Lipinski definition) is 6. The van der Waals surface area contributed by atoms with E-state index in [-0.39, 0.29) is 11.9 Å². The van der Waals surface area contributed by atoms with Crippen LogP contribution >= 0.6 is 0 Å². The fourth-order valence-electron chi connectivity index (χ4n) is 3.25. The molecule has 0 bridgehead atoms. The van der Waals surface area contributed by atoms with Gasteiger partial charge in [-0.15, -0.1) is 0 Å². The van der Waals surface area contributed by atoms with Gasteiger partial charge in [0.25, 0.3) is 5.91 Å². The van der Waals surface area contributed by atoms with E-state index in [1.54, 1.807) is 12.1 Å². The largest absolute Gasteiger partial charge is 0.459 e. The Bertz CT molecular complexity index is 894. The Morgan fingerprint density at radius 2 is 1.85 bits per heavy atom. The van der Waals surface area contributed by atoms with Gasteiger partial charge in [0.15, 0.2) is 5.76 Å². The highest BCUT2D eigenvalue weighted by molar-refractivity contribution is 5.91. The topological polar surface area (TPSA) is 75.6 Å². The second-order valence-corrected chi connectivity index (χ2v) is 6.80. The van der Waals surface area contributed by atoms with Gasteiger partial charge in [-0.25, -0.2) is 0 Å². The van der Waals surface area contributed by atoms with Crippen LogP contribution in [-0.4, -0.2) is 52.0 Å². The Morgan fingerprint density at radius 1 is 1.11 bits per heavy atom. The molecule has 0 aliphatic carbocycles. The van der Waals surface area contributed by atoms with Crippen molar-refractivity contribution in [3.05, 3.63) is 59.9 Å². The predicted molar refractivity (Wildman–Crippen MR) is 99.1 cm³/mol. The number of carbonyl (C=O) groups is 1. The molecule has 3 aromatic rings. The van der Waals surface area contributed by atoms with Crippen LogP contribution in [0.3, 0.4) is 0 Å². The highest BCUT2D eigenvalue weighted by atomic mass is 16.5. The lowest BCUT2D eigenvalue weighted by atomic mass is 10.1. The zero-order chi connectivity index (χ0) is 18.8. The third kappa shape index (κ3) is 3.64. The van der Waals surface area contributed by atoms with Crippen molar-refractivity contribution in [2.24, 2.45) is 0 Å². The van der Waals surface area contributed by atoms with Crippen LogP contribution in [0.15, 0.2) is 51.6 Å². The van der Waals surface area contributed by atoms with Gasteiger partial charge >= 0.3 is 0 Å². The van der Waals surface area contributed by atoms with E-state index in [1.807, 2.05) is 36.1 Å². The summed E-state index contributed by atoms with van der Waals surface area (Å²) in [7, 11) is 0. The number of rotatable bonds is 4. The third-order valence-electron chi connectivity index (χ3n) is 4.99. The molecule has 27 heavy (non-hydrogen) atoms. The van der Waals surface area contributed by atoms with Gasteiger partial charge in [-0.2, -0.15) is 4.98 Å². The van der Waals surface area contributed by atoms with Crippen LogP contribution in [0.4, 0.5) is 0 Å². The Kier molecular flexibility index (Phi) is 4.77. The highest BCUT2D eigenvalue weighted by Gasteiger charge is 2.28. The number of carbonyl (C=O) groups excluding carboxylic acids is 1. The minimum atomic E-state index is -0.0632. The molecule has 0 spiro atoms. The molecule has 3 heterocycles. The second-order valence-electron chi connectivity index (χ2n) is 6.80. The van der Waals surface area contributed by atoms with Gasteiger partial charge in [-0.1, -0.05) is 35.0 Å². The van der Waals surface area contributed by atoms with Gasteiger partial charge in [0.2, 0.25) is 11.7 Å². The van der Waals surface area contributed by atoms with E-state index in [0.717, 1.165) is 18.7 Å². The first-order valence-corrected chi connectivity index (χ1v) is 9.09. The molecule has 7 heteroatoms. The van der Waals surface area contributed by atoms with Crippen LogP contribution in [0.1, 0.15) is 35.0 Å². The Balaban J connectivity index is 1.39. The van der Waals surface area contributed by atoms with Crippen LogP contribution in [0.25, 0.3) is 11.4 Å². The smallest absolute Gasteiger partial charge is 0.289 e. The molecule has 4 rings (SSSR count). The Hall–Kier alpha value is -2.93. The lowest BCUT2D eigenvalue weighted by Gasteiger charge is -2.36. The van der Waals surface area contributed by atoms with Crippen molar-refractivity contribution in [2.45, 2.75) is 19.9 Å². The minimum Gasteiger partial charge on any atom is -0.459 e. The van der Waals surface area contributed by atoms with Gasteiger partial charge < -0.3 is 13.8 Å². The van der Waals surface area contributed by atoms with Gasteiger partial charge in [-0.3, -0.25) is 9.69 Å². The molecule has 0 saturated carbocycles. The fraction of sp³-hybridized carbons (Fsp3) is 0.350. The SMILES string of the molecule is Cc1ccc(-c2noc(C(C)N3CCN(C(=O)c4ccco4)CC3)n2)cc1. The number of aromatic nitrogens is 2. The van der Waals surface area contributed by atoms with Crippen molar-refractivity contribution >= 4 is 5.91 Å². The maximum absolute atomic E-state index is 12.4. The van der Waals surface area contributed by atoms with E-state index >= 15 is 0 Å². The lowest BCUT2D eigenvalue weighted by Crippen LogP contribution is -2.49. The monoisotopic (exact) mass is 366 g/mol. The highest BCUT2D eigenvalue weighted by Crippen LogP contribution is 2.24. The average Bonchev–Trinajstić information content (AvgIpc) is 3.40. The molecule has 1 unspecified atom stereocenters. The Labute approximate surface area is 157 Å². The van der Waals surface area contributed by atoms with Crippen LogP contribution in [0.2, 0.25) is 0 Å². The zero-order valence-corrected chi connectivity index (χ0v) is 15.5. The standard InChI is InChI=1S/C20H22N4O3/c1-14-5-7-16(8-6-14)18-21-19(27-22-18)15(2)23-9-11-24(12-10-23)20(25)17-4-3-13-26-17/h3-8,13,15H,9-12H2,1-2H3. The normalized spacial score (nSPS) is 16.4. The van der Waals surface area contributed by atoms with E-state index < -0.39 is 0 Å². The molecule has 1 aliphatic heterocycles. The molecule has 140 valence electrons. The molecule has 1 atom stereocenters. The molecule has 1 aliphatic rings. The molecular formula is C20H22N4O3. The van der Waals surface area contributed by atoms with Crippen molar-refractivity contribution in [1.29, 1.82) is 0 Å². The summed E-state index contributed by atoms with van der Waals surface area (Å²) >= 11 is 0. The van der Waals surface area contributed by atoms with Crippen molar-refractivity contribution < 1.29 is 13.7 Å². The quantitative estimate of drug-likeness (QED) is 0.706. The van der Waals surface area contributed by atoms with Crippen LogP contribution in [0, 0.1) is 6.92 Å².